The number of ether oxygens (including phenoxy) is 1. The van der Waals surface area contributed by atoms with Gasteiger partial charge in [-0.1, -0.05) is 6.92 Å². The van der Waals surface area contributed by atoms with Gasteiger partial charge in [0.15, 0.2) is 4.77 Å². The molecule has 1 saturated heterocycles. The average molecular weight is 376 g/mol. The number of carbonyl (C=O) groups is 1. The molecule has 1 aliphatic rings. The molecule has 0 unspecified atom stereocenters. The van der Waals surface area contributed by atoms with Crippen LogP contribution in [-0.4, -0.2) is 71.7 Å². The van der Waals surface area contributed by atoms with E-state index in [4.69, 9.17) is 17.0 Å². The molecule has 7 nitrogen and oxygen atoms in total. The number of aromatic amines is 1. The van der Waals surface area contributed by atoms with Gasteiger partial charge in [0.25, 0.3) is 11.5 Å². The Balaban J connectivity index is 1.89. The van der Waals surface area contributed by atoms with E-state index >= 15 is 0 Å². The summed E-state index contributed by atoms with van der Waals surface area (Å²) in [6.45, 7) is 7.15. The Labute approximate surface area is 157 Å². The molecule has 2 heterocycles. The van der Waals surface area contributed by atoms with Gasteiger partial charge in [0.1, 0.15) is 0 Å². The van der Waals surface area contributed by atoms with Crippen LogP contribution in [0.4, 0.5) is 0 Å². The smallest absolute Gasteiger partial charge is 0.262 e. The van der Waals surface area contributed by atoms with E-state index in [1.807, 2.05) is 4.90 Å². The minimum atomic E-state index is -0.170. The largest absolute Gasteiger partial charge is 0.383 e. The van der Waals surface area contributed by atoms with Crippen LogP contribution in [-0.2, 0) is 11.3 Å². The summed E-state index contributed by atoms with van der Waals surface area (Å²) in [4.78, 5) is 32.7. The summed E-state index contributed by atoms with van der Waals surface area (Å²) in [7, 11) is 1.58. The van der Waals surface area contributed by atoms with Gasteiger partial charge in [-0.3, -0.25) is 14.2 Å². The molecular formula is C18H24N4O3S. The second kappa shape index (κ2) is 8.11. The number of rotatable bonds is 5. The number of piperazine rings is 1. The Hall–Kier alpha value is -2.03. The SMILES string of the molecule is CCN1CCN(C(=O)c2ccc3c(=O)n(CCOC)c(=S)[nH]c3c2)CC1. The lowest BCUT2D eigenvalue weighted by atomic mass is 10.1. The van der Waals surface area contributed by atoms with Gasteiger partial charge in [-0.25, -0.2) is 0 Å². The molecule has 1 fully saturated rings. The molecule has 0 bridgehead atoms. The molecule has 1 amide bonds. The predicted molar refractivity (Wildman–Crippen MR) is 103 cm³/mol. The van der Waals surface area contributed by atoms with Crippen LogP contribution in [0.5, 0.6) is 0 Å². The number of nitrogens with one attached hydrogen (secondary N) is 1. The van der Waals surface area contributed by atoms with Crippen molar-refractivity contribution in [2.45, 2.75) is 13.5 Å². The number of methoxy groups -OCH3 is 1. The number of hydrogen-bond donors (Lipinski definition) is 1. The molecule has 0 saturated carbocycles. The lowest BCUT2D eigenvalue weighted by molar-refractivity contribution is 0.0643. The van der Waals surface area contributed by atoms with E-state index in [1.54, 1.807) is 25.3 Å². The van der Waals surface area contributed by atoms with Crippen LogP contribution in [0.25, 0.3) is 10.9 Å². The van der Waals surface area contributed by atoms with Gasteiger partial charge in [-0.2, -0.15) is 0 Å². The molecule has 0 aliphatic carbocycles. The monoisotopic (exact) mass is 376 g/mol. The lowest BCUT2D eigenvalue weighted by Crippen LogP contribution is -2.48. The van der Waals surface area contributed by atoms with Gasteiger partial charge in [0, 0.05) is 38.9 Å². The zero-order valence-electron chi connectivity index (χ0n) is 15.2. The van der Waals surface area contributed by atoms with Crippen LogP contribution in [0.1, 0.15) is 17.3 Å². The van der Waals surface area contributed by atoms with Crippen molar-refractivity contribution in [3.8, 4) is 0 Å². The van der Waals surface area contributed by atoms with Crippen molar-refractivity contribution in [3.05, 3.63) is 38.9 Å². The Morgan fingerprint density at radius 2 is 2.00 bits per heavy atom. The molecule has 1 aromatic carbocycles. The highest BCUT2D eigenvalue weighted by Gasteiger charge is 2.21. The highest BCUT2D eigenvalue weighted by molar-refractivity contribution is 7.71. The van der Waals surface area contributed by atoms with Crippen molar-refractivity contribution >= 4 is 29.0 Å². The lowest BCUT2D eigenvalue weighted by Gasteiger charge is -2.34. The molecule has 1 aliphatic heterocycles. The fraction of sp³-hybridized carbons (Fsp3) is 0.500. The van der Waals surface area contributed by atoms with Gasteiger partial charge in [0.2, 0.25) is 0 Å². The van der Waals surface area contributed by atoms with Crippen molar-refractivity contribution in [1.29, 1.82) is 0 Å². The van der Waals surface area contributed by atoms with Crippen LogP contribution in [0.3, 0.4) is 0 Å². The summed E-state index contributed by atoms with van der Waals surface area (Å²) in [5, 5.41) is 0.516. The Kier molecular flexibility index (Phi) is 5.85. The first-order valence-electron chi connectivity index (χ1n) is 8.82. The summed E-state index contributed by atoms with van der Waals surface area (Å²) in [5.74, 6) is -0.00877. The molecule has 3 rings (SSSR count). The van der Waals surface area contributed by atoms with E-state index in [2.05, 4.69) is 16.8 Å². The maximum absolute atomic E-state index is 12.8. The Bertz CT molecular complexity index is 913. The number of amides is 1. The van der Waals surface area contributed by atoms with Crippen molar-refractivity contribution in [3.63, 3.8) is 0 Å². The number of likely N-dealkylation sites (N-methyl/N-ethyl adjacent to an activating group) is 1. The molecule has 0 spiro atoms. The van der Waals surface area contributed by atoms with Crippen molar-refractivity contribution < 1.29 is 9.53 Å². The fourth-order valence-corrected chi connectivity index (χ4v) is 3.51. The zero-order chi connectivity index (χ0) is 18.7. The molecule has 2 aromatic rings. The summed E-state index contributed by atoms with van der Waals surface area (Å²) >= 11 is 5.29. The number of hydrogen-bond acceptors (Lipinski definition) is 5. The van der Waals surface area contributed by atoms with Crippen LogP contribution >= 0.6 is 12.2 Å². The first kappa shape index (κ1) is 18.8. The maximum atomic E-state index is 12.8. The van der Waals surface area contributed by atoms with Gasteiger partial charge < -0.3 is 19.5 Å². The average Bonchev–Trinajstić information content (AvgIpc) is 2.67. The summed E-state index contributed by atoms with van der Waals surface area (Å²) in [6, 6.07) is 5.14. The second-order valence-electron chi connectivity index (χ2n) is 6.37. The highest BCUT2D eigenvalue weighted by Crippen LogP contribution is 2.14. The van der Waals surface area contributed by atoms with E-state index in [0.29, 0.717) is 34.4 Å². The fourth-order valence-electron chi connectivity index (χ4n) is 3.22. The summed E-state index contributed by atoms with van der Waals surface area (Å²) in [6.07, 6.45) is 0. The number of carbonyl (C=O) groups excluding carboxylic acids is 1. The summed E-state index contributed by atoms with van der Waals surface area (Å²) < 4.78 is 6.84. The van der Waals surface area contributed by atoms with Crippen LogP contribution in [0.2, 0.25) is 0 Å². The normalized spacial score (nSPS) is 15.5. The summed E-state index contributed by atoms with van der Waals surface area (Å²) in [5.41, 5.74) is 0.991. The molecule has 8 heteroatoms. The van der Waals surface area contributed by atoms with E-state index in [-0.39, 0.29) is 11.5 Å². The number of nitrogens with zero attached hydrogens (tertiary/aromatic N) is 3. The van der Waals surface area contributed by atoms with E-state index in [0.717, 1.165) is 32.7 Å². The number of fused-ring (bicyclic) bond motifs is 1. The van der Waals surface area contributed by atoms with Crippen LogP contribution in [0.15, 0.2) is 23.0 Å². The van der Waals surface area contributed by atoms with E-state index < -0.39 is 0 Å². The highest BCUT2D eigenvalue weighted by atomic mass is 32.1. The van der Waals surface area contributed by atoms with Gasteiger partial charge in [-0.05, 0) is 37.0 Å². The zero-order valence-corrected chi connectivity index (χ0v) is 16.0. The molecule has 140 valence electrons. The minimum Gasteiger partial charge on any atom is -0.383 e. The molecule has 1 aromatic heterocycles. The van der Waals surface area contributed by atoms with Crippen LogP contribution < -0.4 is 5.56 Å². The first-order valence-corrected chi connectivity index (χ1v) is 9.23. The number of aromatic nitrogens is 2. The molecule has 0 atom stereocenters. The molecule has 1 N–H and O–H groups in total. The predicted octanol–water partition coefficient (Wildman–Crippen LogP) is 1.48. The van der Waals surface area contributed by atoms with Crippen molar-refractivity contribution in [1.82, 2.24) is 19.4 Å². The third kappa shape index (κ3) is 3.72. The maximum Gasteiger partial charge on any atom is 0.262 e. The van der Waals surface area contributed by atoms with E-state index in [9.17, 15) is 9.59 Å². The third-order valence-electron chi connectivity index (χ3n) is 4.85. The third-order valence-corrected chi connectivity index (χ3v) is 5.18. The molecule has 0 radical (unpaired) electrons. The van der Waals surface area contributed by atoms with Crippen molar-refractivity contribution in [2.75, 3.05) is 46.4 Å². The van der Waals surface area contributed by atoms with Crippen LogP contribution in [0, 0.1) is 4.77 Å². The molecule has 26 heavy (non-hydrogen) atoms. The standard InChI is InChI=1S/C18H24N4O3S/c1-3-20-6-8-21(9-7-20)16(23)13-4-5-14-15(12-13)19-18(26)22(17(14)24)10-11-25-2/h4-5,12H,3,6-11H2,1-2H3,(H,19,26). The van der Waals surface area contributed by atoms with E-state index in [1.165, 1.54) is 4.57 Å². The van der Waals surface area contributed by atoms with Gasteiger partial charge >= 0.3 is 0 Å². The first-order chi connectivity index (χ1) is 12.5. The van der Waals surface area contributed by atoms with Gasteiger partial charge in [-0.15, -0.1) is 0 Å². The quantitative estimate of drug-likeness (QED) is 0.801. The van der Waals surface area contributed by atoms with Gasteiger partial charge in [0.05, 0.1) is 24.1 Å². The second-order valence-corrected chi connectivity index (χ2v) is 6.75. The molecular weight excluding hydrogens is 352 g/mol. The Morgan fingerprint density at radius 1 is 1.27 bits per heavy atom. The topological polar surface area (TPSA) is 70.6 Å². The Morgan fingerprint density at radius 3 is 2.65 bits per heavy atom. The van der Waals surface area contributed by atoms with Crippen molar-refractivity contribution in [2.24, 2.45) is 0 Å². The number of H-pyrrole nitrogens is 1. The minimum absolute atomic E-state index is 0.00877. The number of benzene rings is 1.